The minimum Gasteiger partial charge on any atom is -0.460 e. The molecule has 2 aliphatic carbocycles. The second-order valence-electron chi connectivity index (χ2n) is 6.49. The highest BCUT2D eigenvalue weighted by molar-refractivity contribution is 5.80. The van der Waals surface area contributed by atoms with E-state index < -0.39 is 0 Å². The molecular weight excluding hydrogens is 200 g/mol. The molecule has 0 aromatic carbocycles. The van der Waals surface area contributed by atoms with Gasteiger partial charge in [-0.25, -0.2) is 0 Å². The summed E-state index contributed by atoms with van der Waals surface area (Å²) >= 11 is 0. The molecule has 2 nitrogen and oxygen atoms in total. The molecule has 92 valence electrons. The number of carbonyl (C=O) groups excluding carboxylic acids is 1. The fourth-order valence-electron chi connectivity index (χ4n) is 2.95. The topological polar surface area (TPSA) is 26.3 Å². The lowest BCUT2D eigenvalue weighted by atomic mass is 9.77. The molecule has 0 radical (unpaired) electrons. The van der Waals surface area contributed by atoms with Gasteiger partial charge in [-0.3, -0.25) is 4.79 Å². The van der Waals surface area contributed by atoms with Gasteiger partial charge in [-0.05, 0) is 52.4 Å². The number of esters is 1. The third kappa shape index (κ3) is 2.41. The van der Waals surface area contributed by atoms with E-state index in [0.717, 1.165) is 12.8 Å². The quantitative estimate of drug-likeness (QED) is 0.669. The molecule has 2 aliphatic rings. The SMILES string of the molecule is CC(C)(C)OC(=O)C1(C2CCCCC2)CC1. The number of hydrogen-bond acceptors (Lipinski definition) is 2. The van der Waals surface area contributed by atoms with E-state index in [1.54, 1.807) is 0 Å². The first kappa shape index (κ1) is 11.9. The van der Waals surface area contributed by atoms with Gasteiger partial charge in [-0.15, -0.1) is 0 Å². The average molecular weight is 224 g/mol. The predicted molar refractivity (Wildman–Crippen MR) is 64.1 cm³/mol. The Bertz CT molecular complexity index is 265. The third-order valence-corrected chi connectivity index (χ3v) is 3.98. The molecule has 0 spiro atoms. The van der Waals surface area contributed by atoms with Crippen LogP contribution in [0.25, 0.3) is 0 Å². The van der Waals surface area contributed by atoms with Crippen molar-refractivity contribution < 1.29 is 9.53 Å². The monoisotopic (exact) mass is 224 g/mol. The summed E-state index contributed by atoms with van der Waals surface area (Å²) in [6.45, 7) is 5.88. The van der Waals surface area contributed by atoms with Crippen molar-refractivity contribution in [3.63, 3.8) is 0 Å². The minimum atomic E-state index is -0.332. The first-order valence-corrected chi connectivity index (χ1v) is 6.67. The molecule has 0 atom stereocenters. The molecule has 2 fully saturated rings. The molecular formula is C14H24O2. The Morgan fingerprint density at radius 2 is 1.69 bits per heavy atom. The first-order valence-electron chi connectivity index (χ1n) is 6.67. The molecule has 2 saturated carbocycles. The van der Waals surface area contributed by atoms with Crippen LogP contribution in [0.5, 0.6) is 0 Å². The first-order chi connectivity index (χ1) is 7.44. The summed E-state index contributed by atoms with van der Waals surface area (Å²) < 4.78 is 5.58. The van der Waals surface area contributed by atoms with Crippen molar-refractivity contribution in [3.8, 4) is 0 Å². The molecule has 0 unspecified atom stereocenters. The molecule has 0 amide bonds. The van der Waals surface area contributed by atoms with E-state index in [-0.39, 0.29) is 17.0 Å². The van der Waals surface area contributed by atoms with Crippen molar-refractivity contribution in [2.45, 2.75) is 71.3 Å². The summed E-state index contributed by atoms with van der Waals surface area (Å²) in [6.07, 6.45) is 8.54. The average Bonchev–Trinajstić information content (AvgIpc) is 2.97. The van der Waals surface area contributed by atoms with Gasteiger partial charge in [-0.2, -0.15) is 0 Å². The summed E-state index contributed by atoms with van der Waals surface area (Å²) in [5.74, 6) is 0.683. The second kappa shape index (κ2) is 4.05. The normalized spacial score (nSPS) is 25.2. The molecule has 0 heterocycles. The van der Waals surface area contributed by atoms with Crippen LogP contribution in [-0.4, -0.2) is 11.6 Å². The van der Waals surface area contributed by atoms with E-state index in [1.165, 1.54) is 32.1 Å². The van der Waals surface area contributed by atoms with Crippen molar-refractivity contribution in [2.24, 2.45) is 11.3 Å². The lowest BCUT2D eigenvalue weighted by molar-refractivity contribution is -0.164. The van der Waals surface area contributed by atoms with Crippen LogP contribution in [-0.2, 0) is 9.53 Å². The fourth-order valence-corrected chi connectivity index (χ4v) is 2.95. The van der Waals surface area contributed by atoms with Crippen LogP contribution >= 0.6 is 0 Å². The Morgan fingerprint density at radius 1 is 1.12 bits per heavy atom. The molecule has 0 aromatic heterocycles. The highest BCUT2D eigenvalue weighted by Crippen LogP contribution is 2.57. The Morgan fingerprint density at radius 3 is 2.12 bits per heavy atom. The zero-order chi connectivity index (χ0) is 11.8. The molecule has 0 N–H and O–H groups in total. The highest BCUT2D eigenvalue weighted by atomic mass is 16.6. The van der Waals surface area contributed by atoms with Crippen molar-refractivity contribution in [1.29, 1.82) is 0 Å². The van der Waals surface area contributed by atoms with Crippen LogP contribution in [0.2, 0.25) is 0 Å². The van der Waals surface area contributed by atoms with Gasteiger partial charge in [-0.1, -0.05) is 19.3 Å². The summed E-state index contributed by atoms with van der Waals surface area (Å²) in [7, 11) is 0. The third-order valence-electron chi connectivity index (χ3n) is 3.98. The van der Waals surface area contributed by atoms with E-state index in [1.807, 2.05) is 20.8 Å². The summed E-state index contributed by atoms with van der Waals surface area (Å²) in [5, 5.41) is 0. The van der Waals surface area contributed by atoms with E-state index in [9.17, 15) is 4.79 Å². The number of ether oxygens (including phenoxy) is 1. The maximum atomic E-state index is 12.2. The lowest BCUT2D eigenvalue weighted by Gasteiger charge is -2.31. The smallest absolute Gasteiger partial charge is 0.312 e. The predicted octanol–water partition coefficient (Wildman–Crippen LogP) is 3.69. The highest BCUT2D eigenvalue weighted by Gasteiger charge is 2.57. The van der Waals surface area contributed by atoms with Crippen LogP contribution in [0.4, 0.5) is 0 Å². The molecule has 0 bridgehead atoms. The summed E-state index contributed by atoms with van der Waals surface area (Å²) in [5.41, 5.74) is -0.408. The zero-order valence-corrected chi connectivity index (χ0v) is 10.8. The Labute approximate surface area is 98.7 Å². The minimum absolute atomic E-state index is 0.0757. The van der Waals surface area contributed by atoms with E-state index in [0.29, 0.717) is 5.92 Å². The van der Waals surface area contributed by atoms with Gasteiger partial charge in [0.1, 0.15) is 5.60 Å². The molecule has 2 heteroatoms. The fraction of sp³-hybridized carbons (Fsp3) is 0.929. The Kier molecular flexibility index (Phi) is 3.02. The molecule has 2 rings (SSSR count). The van der Waals surface area contributed by atoms with Crippen LogP contribution in [0.3, 0.4) is 0 Å². The summed E-state index contributed by atoms with van der Waals surface area (Å²) in [4.78, 5) is 12.2. The van der Waals surface area contributed by atoms with Crippen LogP contribution in [0.15, 0.2) is 0 Å². The van der Waals surface area contributed by atoms with Crippen molar-refractivity contribution >= 4 is 5.97 Å². The van der Waals surface area contributed by atoms with Gasteiger partial charge >= 0.3 is 5.97 Å². The van der Waals surface area contributed by atoms with Crippen LogP contribution < -0.4 is 0 Å². The van der Waals surface area contributed by atoms with Gasteiger partial charge < -0.3 is 4.74 Å². The maximum Gasteiger partial charge on any atom is 0.312 e. The second-order valence-corrected chi connectivity index (χ2v) is 6.49. The van der Waals surface area contributed by atoms with Gasteiger partial charge in [0, 0.05) is 0 Å². The molecule has 0 aromatic rings. The largest absolute Gasteiger partial charge is 0.460 e. The molecule has 0 aliphatic heterocycles. The van der Waals surface area contributed by atoms with Crippen LogP contribution in [0, 0.1) is 11.3 Å². The lowest BCUT2D eigenvalue weighted by Crippen LogP contribution is -2.34. The molecule has 0 saturated heterocycles. The zero-order valence-electron chi connectivity index (χ0n) is 10.8. The number of rotatable bonds is 2. The van der Waals surface area contributed by atoms with Crippen molar-refractivity contribution in [3.05, 3.63) is 0 Å². The van der Waals surface area contributed by atoms with Gasteiger partial charge in [0.2, 0.25) is 0 Å². The van der Waals surface area contributed by atoms with Gasteiger partial charge in [0.15, 0.2) is 0 Å². The van der Waals surface area contributed by atoms with Crippen LogP contribution in [0.1, 0.15) is 65.7 Å². The van der Waals surface area contributed by atoms with E-state index in [2.05, 4.69) is 0 Å². The number of hydrogen-bond donors (Lipinski definition) is 0. The summed E-state index contributed by atoms with van der Waals surface area (Å²) in [6, 6.07) is 0. The van der Waals surface area contributed by atoms with E-state index in [4.69, 9.17) is 4.74 Å². The Balaban J connectivity index is 1.99. The maximum absolute atomic E-state index is 12.2. The van der Waals surface area contributed by atoms with Crippen molar-refractivity contribution in [1.82, 2.24) is 0 Å². The molecule has 16 heavy (non-hydrogen) atoms. The van der Waals surface area contributed by atoms with Gasteiger partial charge in [0.05, 0.1) is 5.41 Å². The van der Waals surface area contributed by atoms with E-state index >= 15 is 0 Å². The standard InChI is InChI=1S/C14H24O2/c1-13(2,3)16-12(15)14(9-10-14)11-7-5-4-6-8-11/h11H,4-10H2,1-3H3. The van der Waals surface area contributed by atoms with Gasteiger partial charge in [0.25, 0.3) is 0 Å². The Hall–Kier alpha value is -0.530. The number of carbonyl (C=O) groups is 1. The van der Waals surface area contributed by atoms with Crippen molar-refractivity contribution in [2.75, 3.05) is 0 Å².